The van der Waals surface area contributed by atoms with Crippen LogP contribution < -0.4 is 10.1 Å². The van der Waals surface area contributed by atoms with E-state index in [0.717, 1.165) is 5.56 Å². The molecule has 1 saturated heterocycles. The second kappa shape index (κ2) is 8.29. The van der Waals surface area contributed by atoms with Gasteiger partial charge in [-0.25, -0.2) is 8.78 Å². The zero-order valence-electron chi connectivity index (χ0n) is 16.2. The molecule has 1 aliphatic heterocycles. The average molecular weight is 392 g/mol. The highest BCUT2D eigenvalue weighted by Crippen LogP contribution is 2.37. The Hall–Kier alpha value is -2.44. The van der Waals surface area contributed by atoms with E-state index in [1.807, 2.05) is 18.2 Å². The quantitative estimate of drug-likeness (QED) is 0.821. The van der Waals surface area contributed by atoms with Crippen molar-refractivity contribution in [3.63, 3.8) is 0 Å². The Kier molecular flexibility index (Phi) is 6.01. The molecule has 2 amide bonds. The molecule has 0 bridgehead atoms. The van der Waals surface area contributed by atoms with E-state index in [1.165, 1.54) is 12.0 Å². The Balaban J connectivity index is 1.69. The monoisotopic (exact) mass is 392 g/mol. The zero-order chi connectivity index (χ0) is 20.3. The Labute approximate surface area is 163 Å². The molecule has 1 unspecified atom stereocenters. The van der Waals surface area contributed by atoms with E-state index in [1.54, 1.807) is 19.2 Å². The number of allylic oxidation sites excluding steroid dienone is 1. The maximum absolute atomic E-state index is 13.3. The van der Waals surface area contributed by atoms with E-state index >= 15 is 0 Å². The van der Waals surface area contributed by atoms with Gasteiger partial charge in [0.15, 0.2) is 0 Å². The lowest BCUT2D eigenvalue weighted by molar-refractivity contribution is -0.131. The molecule has 1 aliphatic carbocycles. The van der Waals surface area contributed by atoms with Crippen LogP contribution in [0.15, 0.2) is 24.3 Å². The maximum Gasteiger partial charge on any atom is 0.248 e. The lowest BCUT2D eigenvalue weighted by Gasteiger charge is -2.26. The highest BCUT2D eigenvalue weighted by molar-refractivity contribution is 6.00. The summed E-state index contributed by atoms with van der Waals surface area (Å²) in [5.41, 5.74) is 1.38. The van der Waals surface area contributed by atoms with Gasteiger partial charge in [0.2, 0.25) is 17.7 Å². The van der Waals surface area contributed by atoms with Crippen LogP contribution in [-0.4, -0.2) is 42.8 Å². The van der Waals surface area contributed by atoms with Gasteiger partial charge in [-0.3, -0.25) is 9.59 Å². The topological polar surface area (TPSA) is 58.6 Å². The van der Waals surface area contributed by atoms with E-state index in [-0.39, 0.29) is 30.6 Å². The van der Waals surface area contributed by atoms with Gasteiger partial charge in [-0.1, -0.05) is 18.2 Å². The van der Waals surface area contributed by atoms with Gasteiger partial charge in [0, 0.05) is 26.3 Å². The SMILES string of the molecule is COc1ccc(C=CC2CCC(F)(F)CC2)cc1NC(=O)C1CCC(=O)N1C. The molecule has 1 aromatic carbocycles. The number of carbonyl (C=O) groups excluding carboxylic acids is 2. The number of methoxy groups -OCH3 is 1. The van der Waals surface area contributed by atoms with Crippen molar-refractivity contribution in [2.75, 3.05) is 19.5 Å². The van der Waals surface area contributed by atoms with Crippen molar-refractivity contribution < 1.29 is 23.1 Å². The fourth-order valence-electron chi connectivity index (χ4n) is 3.76. The average Bonchev–Trinajstić information content (AvgIpc) is 3.00. The minimum absolute atomic E-state index is 0.0399. The predicted molar refractivity (Wildman–Crippen MR) is 103 cm³/mol. The summed E-state index contributed by atoms with van der Waals surface area (Å²) in [5.74, 6) is -2.16. The molecule has 0 aromatic heterocycles. The second-order valence-corrected chi connectivity index (χ2v) is 7.56. The predicted octanol–water partition coefficient (Wildman–Crippen LogP) is 4.09. The summed E-state index contributed by atoms with van der Waals surface area (Å²) in [4.78, 5) is 25.7. The molecule has 1 saturated carbocycles. The molecule has 3 rings (SSSR count). The first kappa shape index (κ1) is 20.3. The number of likely N-dealkylation sites (N-methyl/N-ethyl adjacent to an activating group) is 1. The van der Waals surface area contributed by atoms with Gasteiger partial charge in [-0.05, 0) is 42.9 Å². The van der Waals surface area contributed by atoms with Gasteiger partial charge in [-0.15, -0.1) is 0 Å². The normalized spacial score (nSPS) is 22.6. The van der Waals surface area contributed by atoms with Crippen LogP contribution in [-0.2, 0) is 9.59 Å². The Morgan fingerprint density at radius 2 is 2.00 bits per heavy atom. The highest BCUT2D eigenvalue weighted by Gasteiger charge is 2.34. The first-order valence-electron chi connectivity index (χ1n) is 9.60. The van der Waals surface area contributed by atoms with Crippen molar-refractivity contribution in [1.29, 1.82) is 0 Å². The molecule has 0 spiro atoms. The fraction of sp³-hybridized carbons (Fsp3) is 0.524. The third-order valence-corrected chi connectivity index (χ3v) is 5.60. The molecular formula is C21H26F2N2O3. The summed E-state index contributed by atoms with van der Waals surface area (Å²) in [5, 5.41) is 2.85. The largest absolute Gasteiger partial charge is 0.495 e. The number of nitrogens with zero attached hydrogens (tertiary/aromatic N) is 1. The summed E-state index contributed by atoms with van der Waals surface area (Å²) in [6.07, 6.45) is 5.54. The third-order valence-electron chi connectivity index (χ3n) is 5.60. The van der Waals surface area contributed by atoms with Gasteiger partial charge in [0.1, 0.15) is 11.8 Å². The second-order valence-electron chi connectivity index (χ2n) is 7.56. The summed E-state index contributed by atoms with van der Waals surface area (Å²) in [6.45, 7) is 0. The van der Waals surface area contributed by atoms with Crippen molar-refractivity contribution in [1.82, 2.24) is 4.90 Å². The first-order valence-corrected chi connectivity index (χ1v) is 9.60. The van der Waals surface area contributed by atoms with Crippen molar-refractivity contribution in [3.8, 4) is 5.75 Å². The maximum atomic E-state index is 13.3. The molecule has 5 nitrogen and oxygen atoms in total. The number of anilines is 1. The van der Waals surface area contributed by atoms with Gasteiger partial charge in [0.25, 0.3) is 0 Å². The zero-order valence-corrected chi connectivity index (χ0v) is 16.2. The number of likely N-dealkylation sites (tertiary alicyclic amines) is 1. The summed E-state index contributed by atoms with van der Waals surface area (Å²) < 4.78 is 31.9. The van der Waals surface area contributed by atoms with Crippen LogP contribution in [0.3, 0.4) is 0 Å². The number of ether oxygens (including phenoxy) is 1. The smallest absolute Gasteiger partial charge is 0.248 e. The first-order chi connectivity index (χ1) is 13.3. The number of benzene rings is 1. The Morgan fingerprint density at radius 1 is 1.29 bits per heavy atom. The number of rotatable bonds is 5. The minimum atomic E-state index is -2.53. The molecule has 7 heteroatoms. The van der Waals surface area contributed by atoms with E-state index in [2.05, 4.69) is 5.32 Å². The van der Waals surface area contributed by atoms with Crippen LogP contribution in [0.25, 0.3) is 6.08 Å². The number of alkyl halides is 2. The lowest BCUT2D eigenvalue weighted by atomic mass is 9.86. The molecule has 1 N–H and O–H groups in total. The van der Waals surface area contributed by atoms with E-state index in [4.69, 9.17) is 4.74 Å². The molecule has 1 aromatic rings. The number of amides is 2. The van der Waals surface area contributed by atoms with E-state index < -0.39 is 12.0 Å². The molecular weight excluding hydrogens is 366 g/mol. The number of hydrogen-bond donors (Lipinski definition) is 1. The van der Waals surface area contributed by atoms with E-state index in [0.29, 0.717) is 37.1 Å². The van der Waals surface area contributed by atoms with Crippen molar-refractivity contribution in [2.24, 2.45) is 5.92 Å². The summed E-state index contributed by atoms with van der Waals surface area (Å²) in [7, 11) is 3.15. The van der Waals surface area contributed by atoms with Crippen LogP contribution in [0.4, 0.5) is 14.5 Å². The molecule has 1 heterocycles. The molecule has 2 aliphatic rings. The molecule has 0 radical (unpaired) electrons. The Morgan fingerprint density at radius 3 is 2.61 bits per heavy atom. The Bertz CT molecular complexity index is 769. The van der Waals surface area contributed by atoms with Gasteiger partial charge < -0.3 is 15.0 Å². The van der Waals surface area contributed by atoms with Crippen LogP contribution in [0.5, 0.6) is 5.75 Å². The molecule has 2 fully saturated rings. The number of halogens is 2. The molecule has 152 valence electrons. The van der Waals surface area contributed by atoms with E-state index in [9.17, 15) is 18.4 Å². The van der Waals surface area contributed by atoms with Gasteiger partial charge in [-0.2, -0.15) is 0 Å². The number of nitrogens with one attached hydrogen (secondary N) is 1. The van der Waals surface area contributed by atoms with Crippen LogP contribution >= 0.6 is 0 Å². The lowest BCUT2D eigenvalue weighted by Crippen LogP contribution is -2.38. The van der Waals surface area contributed by atoms with Crippen molar-refractivity contribution >= 4 is 23.6 Å². The van der Waals surface area contributed by atoms with Crippen molar-refractivity contribution in [2.45, 2.75) is 50.5 Å². The van der Waals surface area contributed by atoms with Crippen LogP contribution in [0, 0.1) is 5.92 Å². The number of carbonyl (C=O) groups is 2. The highest BCUT2D eigenvalue weighted by atomic mass is 19.3. The van der Waals surface area contributed by atoms with Crippen LogP contribution in [0.2, 0.25) is 0 Å². The number of hydrogen-bond acceptors (Lipinski definition) is 3. The van der Waals surface area contributed by atoms with Crippen molar-refractivity contribution in [3.05, 3.63) is 29.8 Å². The molecule has 28 heavy (non-hydrogen) atoms. The molecule has 1 atom stereocenters. The summed E-state index contributed by atoms with van der Waals surface area (Å²) in [6, 6.07) is 4.92. The minimum Gasteiger partial charge on any atom is -0.495 e. The standard InChI is InChI=1S/C21H26F2N2O3/c1-25-17(6-8-19(25)26)20(27)24-16-13-15(5-7-18(16)28-2)4-3-14-9-11-21(22,23)12-10-14/h3-5,7,13-14,17H,6,8-12H2,1-2H3,(H,24,27). The summed E-state index contributed by atoms with van der Waals surface area (Å²) >= 11 is 0. The van der Waals surface area contributed by atoms with Gasteiger partial charge in [0.05, 0.1) is 12.8 Å². The fourth-order valence-corrected chi connectivity index (χ4v) is 3.76. The van der Waals surface area contributed by atoms with Gasteiger partial charge >= 0.3 is 0 Å². The van der Waals surface area contributed by atoms with Crippen LogP contribution in [0.1, 0.15) is 44.1 Å². The third kappa shape index (κ3) is 4.69.